The Bertz CT molecular complexity index is 457. The third-order valence-electron chi connectivity index (χ3n) is 3.94. The second-order valence-electron chi connectivity index (χ2n) is 5.33. The van der Waals surface area contributed by atoms with Crippen molar-refractivity contribution in [3.63, 3.8) is 0 Å². The number of hydrogen-bond acceptors (Lipinski definition) is 4. The largest absolute Gasteiger partial charge is 0.338 e. The standard InChI is InChI=1S/C14H23N3OS.ClH/c1-9-13(19-11(3)16-9)10(2)17(4)14(18)12-5-7-15-8-6-12;/h10,12,15H,5-8H2,1-4H3;1H. The summed E-state index contributed by atoms with van der Waals surface area (Å²) in [5, 5.41) is 4.37. The Morgan fingerprint density at radius 2 is 2.00 bits per heavy atom. The summed E-state index contributed by atoms with van der Waals surface area (Å²) in [5.41, 5.74) is 1.06. The van der Waals surface area contributed by atoms with Gasteiger partial charge in [-0.15, -0.1) is 23.7 Å². The van der Waals surface area contributed by atoms with Gasteiger partial charge in [0.25, 0.3) is 0 Å². The van der Waals surface area contributed by atoms with Gasteiger partial charge in [0.2, 0.25) is 5.91 Å². The fraction of sp³-hybridized carbons (Fsp3) is 0.714. The summed E-state index contributed by atoms with van der Waals surface area (Å²) in [6.07, 6.45) is 1.91. The summed E-state index contributed by atoms with van der Waals surface area (Å²) in [6, 6.07) is 0.119. The monoisotopic (exact) mass is 317 g/mol. The zero-order valence-electron chi connectivity index (χ0n) is 12.6. The predicted octanol–water partition coefficient (Wildman–Crippen LogP) is 2.70. The number of amides is 1. The van der Waals surface area contributed by atoms with Crippen molar-refractivity contribution in [3.05, 3.63) is 15.6 Å². The average Bonchev–Trinajstić information content (AvgIpc) is 2.76. The van der Waals surface area contributed by atoms with Crippen LogP contribution in [0.3, 0.4) is 0 Å². The highest BCUT2D eigenvalue weighted by atomic mass is 35.5. The van der Waals surface area contributed by atoms with Gasteiger partial charge in [-0.1, -0.05) is 0 Å². The number of halogens is 1. The van der Waals surface area contributed by atoms with E-state index in [0.717, 1.165) is 36.6 Å². The molecule has 2 heterocycles. The van der Waals surface area contributed by atoms with Crippen molar-refractivity contribution in [2.45, 2.75) is 39.7 Å². The molecule has 0 spiro atoms. The SMILES string of the molecule is Cc1nc(C)c(C(C)N(C)C(=O)C2CCNCC2)s1.Cl. The van der Waals surface area contributed by atoms with Crippen LogP contribution in [0.2, 0.25) is 0 Å². The molecule has 1 amide bonds. The maximum atomic E-state index is 12.5. The molecule has 0 saturated carbocycles. The van der Waals surface area contributed by atoms with Gasteiger partial charge >= 0.3 is 0 Å². The molecule has 0 aromatic carbocycles. The lowest BCUT2D eigenvalue weighted by Crippen LogP contribution is -2.40. The van der Waals surface area contributed by atoms with Gasteiger partial charge in [0.1, 0.15) is 0 Å². The molecule has 1 saturated heterocycles. The van der Waals surface area contributed by atoms with E-state index in [0.29, 0.717) is 0 Å². The number of carbonyl (C=O) groups excluding carboxylic acids is 1. The number of aromatic nitrogens is 1. The molecule has 1 atom stereocenters. The first-order valence-electron chi connectivity index (χ1n) is 6.92. The summed E-state index contributed by atoms with van der Waals surface area (Å²) in [4.78, 5) is 20.1. The molecule has 1 N–H and O–H groups in total. The molecule has 1 aliphatic rings. The number of piperidine rings is 1. The molecule has 20 heavy (non-hydrogen) atoms. The van der Waals surface area contributed by atoms with Crippen molar-refractivity contribution in [3.8, 4) is 0 Å². The molecule has 0 bridgehead atoms. The van der Waals surface area contributed by atoms with Gasteiger partial charge in [0, 0.05) is 17.8 Å². The van der Waals surface area contributed by atoms with Gasteiger partial charge in [-0.2, -0.15) is 0 Å². The zero-order valence-corrected chi connectivity index (χ0v) is 14.2. The van der Waals surface area contributed by atoms with E-state index in [1.54, 1.807) is 11.3 Å². The van der Waals surface area contributed by atoms with Crippen molar-refractivity contribution >= 4 is 29.7 Å². The third kappa shape index (κ3) is 3.71. The van der Waals surface area contributed by atoms with E-state index in [4.69, 9.17) is 0 Å². The van der Waals surface area contributed by atoms with Gasteiger partial charge in [-0.25, -0.2) is 4.98 Å². The molecule has 0 aliphatic carbocycles. The quantitative estimate of drug-likeness (QED) is 0.932. The van der Waals surface area contributed by atoms with Crippen molar-refractivity contribution in [2.24, 2.45) is 5.92 Å². The minimum absolute atomic E-state index is 0. The van der Waals surface area contributed by atoms with Crippen LogP contribution in [0, 0.1) is 19.8 Å². The maximum Gasteiger partial charge on any atom is 0.226 e. The van der Waals surface area contributed by atoms with Crippen LogP contribution in [-0.4, -0.2) is 35.9 Å². The van der Waals surface area contributed by atoms with Crippen molar-refractivity contribution < 1.29 is 4.79 Å². The van der Waals surface area contributed by atoms with Crippen LogP contribution >= 0.6 is 23.7 Å². The molecule has 6 heteroatoms. The second kappa shape index (κ2) is 7.38. The molecule has 1 unspecified atom stereocenters. The van der Waals surface area contributed by atoms with Crippen LogP contribution in [0.1, 0.15) is 41.4 Å². The van der Waals surface area contributed by atoms with E-state index < -0.39 is 0 Å². The molecule has 114 valence electrons. The highest BCUT2D eigenvalue weighted by molar-refractivity contribution is 7.11. The number of carbonyl (C=O) groups is 1. The van der Waals surface area contributed by atoms with Crippen molar-refractivity contribution in [2.75, 3.05) is 20.1 Å². The average molecular weight is 318 g/mol. The molecule has 1 fully saturated rings. The molecule has 1 aromatic heterocycles. The molecular weight excluding hydrogens is 294 g/mol. The van der Waals surface area contributed by atoms with E-state index in [2.05, 4.69) is 17.2 Å². The Morgan fingerprint density at radius 1 is 1.40 bits per heavy atom. The van der Waals surface area contributed by atoms with Crippen LogP contribution in [0.25, 0.3) is 0 Å². The van der Waals surface area contributed by atoms with Gasteiger partial charge in [-0.05, 0) is 46.7 Å². The first-order chi connectivity index (χ1) is 9.00. The van der Waals surface area contributed by atoms with Gasteiger partial charge in [0.15, 0.2) is 0 Å². The lowest BCUT2D eigenvalue weighted by atomic mass is 9.96. The number of rotatable bonds is 3. The number of nitrogens with zero attached hydrogens (tertiary/aromatic N) is 2. The third-order valence-corrected chi connectivity index (χ3v) is 5.18. The van der Waals surface area contributed by atoms with E-state index >= 15 is 0 Å². The first kappa shape index (κ1) is 17.4. The summed E-state index contributed by atoms with van der Waals surface area (Å²) >= 11 is 1.70. The molecule has 0 radical (unpaired) electrons. The number of nitrogens with one attached hydrogen (secondary N) is 1. The first-order valence-corrected chi connectivity index (χ1v) is 7.73. The van der Waals surface area contributed by atoms with Gasteiger partial charge in [0.05, 0.1) is 16.7 Å². The molecule has 1 aromatic rings. The molecular formula is C14H24ClN3OS. The molecule has 2 rings (SSSR count). The normalized spacial score (nSPS) is 17.4. The Kier molecular flexibility index (Phi) is 6.43. The summed E-state index contributed by atoms with van der Waals surface area (Å²) in [7, 11) is 1.92. The van der Waals surface area contributed by atoms with Crippen molar-refractivity contribution in [1.82, 2.24) is 15.2 Å². The minimum Gasteiger partial charge on any atom is -0.338 e. The Morgan fingerprint density at radius 3 is 2.50 bits per heavy atom. The Hall–Kier alpha value is -0.650. The van der Waals surface area contributed by atoms with Gasteiger partial charge < -0.3 is 10.2 Å². The van der Waals surface area contributed by atoms with Crippen LogP contribution in [0.15, 0.2) is 0 Å². The lowest BCUT2D eigenvalue weighted by Gasteiger charge is -2.30. The minimum atomic E-state index is 0. The smallest absolute Gasteiger partial charge is 0.226 e. The van der Waals surface area contributed by atoms with E-state index in [1.807, 2.05) is 25.8 Å². The Labute approximate surface area is 131 Å². The van der Waals surface area contributed by atoms with E-state index in [-0.39, 0.29) is 30.3 Å². The molecule has 4 nitrogen and oxygen atoms in total. The van der Waals surface area contributed by atoms with Crippen molar-refractivity contribution in [1.29, 1.82) is 0 Å². The van der Waals surface area contributed by atoms with Crippen LogP contribution in [0.5, 0.6) is 0 Å². The number of thiazole rings is 1. The molecule has 1 aliphatic heterocycles. The van der Waals surface area contributed by atoms with Crippen LogP contribution in [-0.2, 0) is 4.79 Å². The van der Waals surface area contributed by atoms with Crippen LogP contribution in [0.4, 0.5) is 0 Å². The lowest BCUT2D eigenvalue weighted by molar-refractivity contribution is -0.136. The van der Waals surface area contributed by atoms with E-state index in [1.165, 1.54) is 4.88 Å². The van der Waals surface area contributed by atoms with E-state index in [9.17, 15) is 4.79 Å². The Balaban J connectivity index is 0.00000200. The number of hydrogen-bond donors (Lipinski definition) is 1. The summed E-state index contributed by atoms with van der Waals surface area (Å²) in [6.45, 7) is 8.05. The fourth-order valence-corrected chi connectivity index (χ4v) is 3.68. The van der Waals surface area contributed by atoms with Crippen LogP contribution < -0.4 is 5.32 Å². The second-order valence-corrected chi connectivity index (χ2v) is 6.57. The van der Waals surface area contributed by atoms with Gasteiger partial charge in [-0.3, -0.25) is 4.79 Å². The summed E-state index contributed by atoms with van der Waals surface area (Å²) < 4.78 is 0. The fourth-order valence-electron chi connectivity index (χ4n) is 2.66. The highest BCUT2D eigenvalue weighted by Crippen LogP contribution is 2.29. The predicted molar refractivity (Wildman–Crippen MR) is 85.6 cm³/mol. The highest BCUT2D eigenvalue weighted by Gasteiger charge is 2.28. The summed E-state index contributed by atoms with van der Waals surface area (Å²) in [5.74, 6) is 0.461. The number of aryl methyl sites for hydroxylation is 2. The topological polar surface area (TPSA) is 45.2 Å². The maximum absolute atomic E-state index is 12.5. The zero-order chi connectivity index (χ0) is 14.0.